The van der Waals surface area contributed by atoms with E-state index < -0.39 is 15.0 Å². The molecule has 0 saturated carbocycles. The standard InChI is InChI=1S/C40H36N4Si/c1-28-12-5-6-15-33(28)29-22-23-41-40(24-29)44-36-17-8-7-16-34(36)35-21-20-32(26-39(35)44)45(3,4)31-14-11-13-30(25-31)43-27-42(2)37-18-9-10-19-38(37)43/h5-26H,27H2,1-4H3/i2D3. The lowest BCUT2D eigenvalue weighted by Crippen LogP contribution is -2.53. The van der Waals surface area contributed by atoms with Gasteiger partial charge in [0.05, 0.1) is 29.1 Å². The van der Waals surface area contributed by atoms with E-state index in [-0.39, 0.29) is 6.67 Å². The van der Waals surface area contributed by atoms with Crippen molar-refractivity contribution < 1.29 is 4.11 Å². The summed E-state index contributed by atoms with van der Waals surface area (Å²) in [4.78, 5) is 8.53. The van der Waals surface area contributed by atoms with E-state index >= 15 is 0 Å². The Morgan fingerprint density at radius 1 is 0.689 bits per heavy atom. The van der Waals surface area contributed by atoms with Crippen LogP contribution in [0.1, 0.15) is 9.68 Å². The summed E-state index contributed by atoms with van der Waals surface area (Å²) in [6.07, 6.45) is 1.91. The summed E-state index contributed by atoms with van der Waals surface area (Å²) in [5.41, 5.74) is 8.51. The summed E-state index contributed by atoms with van der Waals surface area (Å²) in [7, 11) is -2.23. The van der Waals surface area contributed by atoms with Crippen LogP contribution in [0.3, 0.4) is 0 Å². The molecule has 0 bridgehead atoms. The van der Waals surface area contributed by atoms with Crippen molar-refractivity contribution in [3.8, 4) is 16.9 Å². The molecule has 220 valence electrons. The summed E-state index contributed by atoms with van der Waals surface area (Å²) in [5.74, 6) is 0.895. The van der Waals surface area contributed by atoms with Gasteiger partial charge in [-0.25, -0.2) is 4.98 Å². The number of anilines is 3. The van der Waals surface area contributed by atoms with E-state index in [1.54, 1.807) is 0 Å². The molecule has 1 aliphatic heterocycles. The Kier molecular flexibility index (Phi) is 5.65. The number of pyridine rings is 1. The van der Waals surface area contributed by atoms with Gasteiger partial charge < -0.3 is 9.80 Å². The highest BCUT2D eigenvalue weighted by Crippen LogP contribution is 2.39. The van der Waals surface area contributed by atoms with E-state index in [9.17, 15) is 0 Å². The Morgan fingerprint density at radius 3 is 2.31 bits per heavy atom. The lowest BCUT2D eigenvalue weighted by molar-refractivity contribution is 0.950. The summed E-state index contributed by atoms with van der Waals surface area (Å²) in [6, 6.07) is 44.7. The highest BCUT2D eigenvalue weighted by molar-refractivity contribution is 7.00. The lowest BCUT2D eigenvalue weighted by atomic mass is 10.0. The van der Waals surface area contributed by atoms with E-state index in [1.165, 1.54) is 37.2 Å². The van der Waals surface area contributed by atoms with Gasteiger partial charge in [0.1, 0.15) is 13.9 Å². The topological polar surface area (TPSA) is 24.3 Å². The third-order valence-electron chi connectivity index (χ3n) is 9.45. The quantitative estimate of drug-likeness (QED) is 0.184. The fourth-order valence-corrected chi connectivity index (χ4v) is 9.23. The first-order chi connectivity index (χ1) is 23.1. The van der Waals surface area contributed by atoms with E-state index in [0.29, 0.717) is 0 Å². The fraction of sp³-hybridized carbons (Fsp3) is 0.125. The van der Waals surface area contributed by atoms with Gasteiger partial charge in [0.25, 0.3) is 0 Å². The third kappa shape index (κ3) is 4.46. The molecule has 5 heteroatoms. The molecule has 1 aliphatic rings. The smallest absolute Gasteiger partial charge is 0.138 e. The minimum absolute atomic E-state index is 0.280. The zero-order valence-corrected chi connectivity index (χ0v) is 26.7. The predicted molar refractivity (Wildman–Crippen MR) is 194 cm³/mol. The average Bonchev–Trinajstić information content (AvgIpc) is 3.65. The molecule has 45 heavy (non-hydrogen) atoms. The summed E-state index contributed by atoms with van der Waals surface area (Å²) < 4.78 is 26.8. The second-order valence-electron chi connectivity index (χ2n) is 12.5. The number of nitrogens with zero attached hydrogens (tertiary/aromatic N) is 4. The van der Waals surface area contributed by atoms with Crippen LogP contribution in [0, 0.1) is 6.92 Å². The number of benzene rings is 5. The van der Waals surface area contributed by atoms with Gasteiger partial charge in [-0.15, -0.1) is 0 Å². The van der Waals surface area contributed by atoms with E-state index in [2.05, 4.69) is 133 Å². The average molecular weight is 604 g/mol. The van der Waals surface area contributed by atoms with Crippen molar-refractivity contribution in [3.05, 3.63) is 139 Å². The van der Waals surface area contributed by atoms with Gasteiger partial charge in [0, 0.05) is 33.7 Å². The van der Waals surface area contributed by atoms with Gasteiger partial charge >= 0.3 is 0 Å². The van der Waals surface area contributed by atoms with Gasteiger partial charge in [0.2, 0.25) is 0 Å². The molecule has 5 aromatic carbocycles. The highest BCUT2D eigenvalue weighted by Gasteiger charge is 2.30. The molecule has 7 aromatic rings. The number of hydrogen-bond donors (Lipinski definition) is 0. The Balaban J connectivity index is 1.24. The summed E-state index contributed by atoms with van der Waals surface area (Å²) in [6.45, 7) is 4.99. The number of hydrogen-bond acceptors (Lipinski definition) is 3. The lowest BCUT2D eigenvalue weighted by Gasteiger charge is -2.27. The van der Waals surface area contributed by atoms with Gasteiger partial charge in [-0.3, -0.25) is 4.57 Å². The first-order valence-electron chi connectivity index (χ1n) is 16.9. The molecule has 0 aliphatic carbocycles. The van der Waals surface area contributed by atoms with E-state index in [4.69, 9.17) is 9.10 Å². The molecular weight excluding hydrogens is 565 g/mol. The molecule has 8 rings (SSSR count). The zero-order chi connectivity index (χ0) is 33.2. The van der Waals surface area contributed by atoms with Crippen LogP contribution in [0.2, 0.25) is 13.1 Å². The predicted octanol–water partition coefficient (Wildman–Crippen LogP) is 8.52. The van der Waals surface area contributed by atoms with Crippen molar-refractivity contribution in [1.82, 2.24) is 9.55 Å². The van der Waals surface area contributed by atoms with Crippen LogP contribution in [-0.2, 0) is 0 Å². The van der Waals surface area contributed by atoms with Gasteiger partial charge in [-0.05, 0) is 72.1 Å². The first kappa shape index (κ1) is 24.2. The second kappa shape index (κ2) is 10.5. The molecule has 0 unspecified atom stereocenters. The molecule has 2 aromatic heterocycles. The Labute approximate surface area is 270 Å². The van der Waals surface area contributed by atoms with Gasteiger partial charge in [-0.2, -0.15) is 0 Å². The van der Waals surface area contributed by atoms with Crippen LogP contribution in [0.5, 0.6) is 0 Å². The molecule has 3 heterocycles. The molecule has 0 spiro atoms. The SMILES string of the molecule is [2H]C([2H])([2H])N1CN(c2cccc([Si](C)(C)c3ccc4c5ccccc5n(-c5cc(-c6ccccc6C)ccn5)c4c3)c2)c2ccccc21. The monoisotopic (exact) mass is 603 g/mol. The summed E-state index contributed by atoms with van der Waals surface area (Å²) in [5, 5.41) is 5.01. The van der Waals surface area contributed by atoms with Crippen molar-refractivity contribution in [1.29, 1.82) is 0 Å². The van der Waals surface area contributed by atoms with Crippen molar-refractivity contribution in [3.63, 3.8) is 0 Å². The minimum Gasteiger partial charge on any atom is -0.355 e. The maximum atomic E-state index is 8.15. The number of para-hydroxylation sites is 3. The number of fused-ring (bicyclic) bond motifs is 4. The Bertz CT molecular complexity index is 2340. The minimum atomic E-state index is -2.23. The Hall–Kier alpha value is -5.13. The maximum absolute atomic E-state index is 8.15. The van der Waals surface area contributed by atoms with Crippen LogP contribution < -0.4 is 20.2 Å². The normalized spacial score (nSPS) is 14.4. The van der Waals surface area contributed by atoms with Crippen LogP contribution in [0.25, 0.3) is 38.8 Å². The van der Waals surface area contributed by atoms with E-state index in [1.807, 2.05) is 30.5 Å². The highest BCUT2D eigenvalue weighted by atomic mass is 28.3. The first-order valence-corrected chi connectivity index (χ1v) is 18.4. The van der Waals surface area contributed by atoms with Crippen LogP contribution in [-0.4, -0.2) is 31.3 Å². The van der Waals surface area contributed by atoms with Crippen molar-refractivity contribution in [2.45, 2.75) is 20.0 Å². The fourth-order valence-electron chi connectivity index (χ4n) is 6.88. The van der Waals surface area contributed by atoms with Crippen LogP contribution in [0.4, 0.5) is 17.1 Å². The zero-order valence-electron chi connectivity index (χ0n) is 28.7. The van der Waals surface area contributed by atoms with Gasteiger partial charge in [-0.1, -0.05) is 102 Å². The van der Waals surface area contributed by atoms with Crippen molar-refractivity contribution in [2.24, 2.45) is 0 Å². The molecular formula is C40H36N4Si. The second-order valence-corrected chi connectivity index (χ2v) is 16.9. The van der Waals surface area contributed by atoms with Crippen molar-refractivity contribution >= 4 is 57.3 Å². The largest absolute Gasteiger partial charge is 0.355 e. The molecule has 0 N–H and O–H groups in total. The van der Waals surface area contributed by atoms with Crippen LogP contribution in [0.15, 0.2) is 134 Å². The van der Waals surface area contributed by atoms with Gasteiger partial charge in [0.15, 0.2) is 0 Å². The van der Waals surface area contributed by atoms with E-state index in [0.717, 1.165) is 39.5 Å². The number of rotatable bonds is 5. The molecule has 0 amide bonds. The molecule has 0 atom stereocenters. The molecule has 0 radical (unpaired) electrons. The Morgan fingerprint density at radius 2 is 1.44 bits per heavy atom. The molecule has 4 nitrogen and oxygen atoms in total. The maximum Gasteiger partial charge on any atom is 0.138 e. The molecule has 0 saturated heterocycles. The van der Waals surface area contributed by atoms with Crippen molar-refractivity contribution in [2.75, 3.05) is 23.4 Å². The van der Waals surface area contributed by atoms with Crippen LogP contribution >= 0.6 is 0 Å². The number of aromatic nitrogens is 2. The number of aryl methyl sites for hydroxylation is 1. The molecule has 0 fully saturated rings. The summed E-state index contributed by atoms with van der Waals surface area (Å²) >= 11 is 0. The third-order valence-corrected chi connectivity index (χ3v) is 13.0.